The summed E-state index contributed by atoms with van der Waals surface area (Å²) in [5.41, 5.74) is 1.19. The number of benzene rings is 2. The average molecular weight is 491 g/mol. The molecule has 8 nitrogen and oxygen atoms in total. The van der Waals surface area contributed by atoms with Gasteiger partial charge >= 0.3 is 6.03 Å². The summed E-state index contributed by atoms with van der Waals surface area (Å²) in [7, 11) is 0. The minimum Gasteiger partial charge on any atom is -0.489 e. The largest absolute Gasteiger partial charge is 0.489 e. The van der Waals surface area contributed by atoms with Crippen LogP contribution in [0.5, 0.6) is 5.75 Å². The minimum atomic E-state index is -0.764. The zero-order chi connectivity index (χ0) is 24.6. The minimum absolute atomic E-state index is 0.0393. The van der Waals surface area contributed by atoms with E-state index in [0.717, 1.165) is 31.4 Å². The standard InChI is InChI=1S/C25H35ClN4O4/c1-2-3-4-8-13-28-24(32)19-11-12-23(22(26)16-19)34-18-21(31)17-27-14-15-29-25(33)30-20-9-6-5-7-10-20/h5-7,9-12,16,21,27,31H,2-4,8,13-15,17-18H2,1H3,(H,28,32)(H2,29,30,33). The van der Waals surface area contributed by atoms with Gasteiger partial charge in [-0.15, -0.1) is 0 Å². The van der Waals surface area contributed by atoms with Gasteiger partial charge in [0.05, 0.1) is 5.02 Å². The van der Waals surface area contributed by atoms with Crippen molar-refractivity contribution in [2.24, 2.45) is 0 Å². The molecule has 3 amide bonds. The zero-order valence-corrected chi connectivity index (χ0v) is 20.4. The Balaban J connectivity index is 1.60. The number of anilines is 1. The molecule has 1 unspecified atom stereocenters. The summed E-state index contributed by atoms with van der Waals surface area (Å²) in [6.07, 6.45) is 3.61. The summed E-state index contributed by atoms with van der Waals surface area (Å²) in [6, 6.07) is 13.7. The Morgan fingerprint density at radius 1 is 1.00 bits per heavy atom. The number of aliphatic hydroxyl groups excluding tert-OH is 1. The maximum absolute atomic E-state index is 12.2. The quantitative estimate of drug-likeness (QED) is 0.244. The van der Waals surface area contributed by atoms with Crippen LogP contribution < -0.4 is 26.0 Å². The van der Waals surface area contributed by atoms with E-state index in [0.29, 0.717) is 36.0 Å². The molecular formula is C25H35ClN4O4. The molecule has 0 saturated carbocycles. The third-order valence-electron chi connectivity index (χ3n) is 4.94. The van der Waals surface area contributed by atoms with E-state index in [-0.39, 0.29) is 25.1 Å². The van der Waals surface area contributed by atoms with E-state index in [1.807, 2.05) is 18.2 Å². The van der Waals surface area contributed by atoms with Gasteiger partial charge in [-0.1, -0.05) is 56.0 Å². The lowest BCUT2D eigenvalue weighted by Gasteiger charge is -2.15. The van der Waals surface area contributed by atoms with Crippen LogP contribution in [0.25, 0.3) is 0 Å². The highest BCUT2D eigenvalue weighted by molar-refractivity contribution is 6.32. The van der Waals surface area contributed by atoms with Crippen molar-refractivity contribution in [1.29, 1.82) is 0 Å². The molecule has 0 aliphatic rings. The van der Waals surface area contributed by atoms with E-state index in [9.17, 15) is 14.7 Å². The first-order valence-electron chi connectivity index (χ1n) is 11.7. The van der Waals surface area contributed by atoms with Crippen molar-refractivity contribution in [1.82, 2.24) is 16.0 Å². The van der Waals surface area contributed by atoms with Crippen molar-refractivity contribution >= 4 is 29.2 Å². The second kappa shape index (κ2) is 15.9. The summed E-state index contributed by atoms with van der Waals surface area (Å²) in [6.45, 7) is 4.01. The number of ether oxygens (including phenoxy) is 1. The molecule has 0 aliphatic carbocycles. The van der Waals surface area contributed by atoms with Crippen LogP contribution >= 0.6 is 11.6 Å². The first kappa shape index (κ1) is 27.4. The predicted molar refractivity (Wildman–Crippen MR) is 136 cm³/mol. The molecule has 5 N–H and O–H groups in total. The van der Waals surface area contributed by atoms with Gasteiger partial charge in [-0.25, -0.2) is 4.79 Å². The fourth-order valence-corrected chi connectivity index (χ4v) is 3.32. The van der Waals surface area contributed by atoms with Crippen LogP contribution in [-0.2, 0) is 0 Å². The van der Waals surface area contributed by atoms with E-state index in [2.05, 4.69) is 28.2 Å². The van der Waals surface area contributed by atoms with Gasteiger partial charge < -0.3 is 31.1 Å². The van der Waals surface area contributed by atoms with Crippen LogP contribution in [0.3, 0.4) is 0 Å². The molecule has 0 saturated heterocycles. The summed E-state index contributed by atoms with van der Waals surface area (Å²) in [5.74, 6) is 0.236. The van der Waals surface area contributed by atoms with Gasteiger partial charge in [0.25, 0.3) is 5.91 Å². The highest BCUT2D eigenvalue weighted by atomic mass is 35.5. The van der Waals surface area contributed by atoms with Gasteiger partial charge in [-0.05, 0) is 36.8 Å². The zero-order valence-electron chi connectivity index (χ0n) is 19.6. The van der Waals surface area contributed by atoms with Crippen LogP contribution in [0, 0.1) is 0 Å². The van der Waals surface area contributed by atoms with Crippen LogP contribution in [0.2, 0.25) is 5.02 Å². The normalized spacial score (nSPS) is 11.5. The summed E-state index contributed by atoms with van der Waals surface area (Å²) in [4.78, 5) is 24.0. The number of rotatable bonds is 15. The monoisotopic (exact) mass is 490 g/mol. The number of amides is 3. The second-order valence-corrected chi connectivity index (χ2v) is 8.28. The van der Waals surface area contributed by atoms with E-state index in [4.69, 9.17) is 16.3 Å². The molecule has 2 aromatic carbocycles. The van der Waals surface area contributed by atoms with Crippen LogP contribution in [0.15, 0.2) is 48.5 Å². The fourth-order valence-electron chi connectivity index (χ4n) is 3.09. The Morgan fingerprint density at radius 3 is 2.53 bits per heavy atom. The molecule has 0 aliphatic heterocycles. The topological polar surface area (TPSA) is 112 Å². The van der Waals surface area contributed by atoms with Gasteiger partial charge in [-0.3, -0.25) is 4.79 Å². The molecule has 2 aromatic rings. The average Bonchev–Trinajstić information content (AvgIpc) is 2.83. The number of para-hydroxylation sites is 1. The Bertz CT molecular complexity index is 882. The molecule has 0 radical (unpaired) electrons. The van der Waals surface area contributed by atoms with Crippen molar-refractivity contribution in [2.45, 2.75) is 38.7 Å². The van der Waals surface area contributed by atoms with Crippen molar-refractivity contribution in [3.05, 3.63) is 59.1 Å². The van der Waals surface area contributed by atoms with Crippen molar-refractivity contribution < 1.29 is 19.4 Å². The third-order valence-corrected chi connectivity index (χ3v) is 5.24. The highest BCUT2D eigenvalue weighted by Crippen LogP contribution is 2.25. The maximum atomic E-state index is 12.2. The molecule has 0 heterocycles. The number of aliphatic hydroxyl groups is 1. The lowest BCUT2D eigenvalue weighted by atomic mass is 10.2. The van der Waals surface area contributed by atoms with Crippen molar-refractivity contribution in [2.75, 3.05) is 38.1 Å². The molecule has 0 bridgehead atoms. The molecule has 0 spiro atoms. The Labute approximate surface area is 206 Å². The van der Waals surface area contributed by atoms with Crippen molar-refractivity contribution in [3.8, 4) is 5.75 Å². The lowest BCUT2D eigenvalue weighted by Crippen LogP contribution is -2.38. The number of carbonyl (C=O) groups excluding carboxylic acids is 2. The molecule has 0 fully saturated rings. The summed E-state index contributed by atoms with van der Waals surface area (Å²) < 4.78 is 5.59. The third kappa shape index (κ3) is 10.9. The highest BCUT2D eigenvalue weighted by Gasteiger charge is 2.11. The number of nitrogens with one attached hydrogen (secondary N) is 4. The first-order valence-corrected chi connectivity index (χ1v) is 12.1. The van der Waals surface area contributed by atoms with Gasteiger partial charge in [0, 0.05) is 37.4 Å². The van der Waals surface area contributed by atoms with Crippen LogP contribution in [0.1, 0.15) is 43.0 Å². The van der Waals surface area contributed by atoms with E-state index < -0.39 is 6.10 Å². The fraction of sp³-hybridized carbons (Fsp3) is 0.440. The Kier molecular flexibility index (Phi) is 12.9. The molecular weight excluding hydrogens is 456 g/mol. The molecule has 0 aromatic heterocycles. The van der Waals surface area contributed by atoms with Gasteiger partial charge in [-0.2, -0.15) is 0 Å². The lowest BCUT2D eigenvalue weighted by molar-refractivity contribution is 0.0952. The molecule has 1 atom stereocenters. The van der Waals surface area contributed by atoms with Gasteiger partial charge in [0.1, 0.15) is 18.5 Å². The maximum Gasteiger partial charge on any atom is 0.319 e. The van der Waals surface area contributed by atoms with Crippen LogP contribution in [0.4, 0.5) is 10.5 Å². The number of hydrogen-bond acceptors (Lipinski definition) is 5. The molecule has 2 rings (SSSR count). The number of carbonyl (C=O) groups is 2. The number of halogens is 1. The Hall–Kier alpha value is -2.81. The first-order chi connectivity index (χ1) is 16.5. The molecule has 9 heteroatoms. The van der Waals surface area contributed by atoms with Crippen molar-refractivity contribution in [3.63, 3.8) is 0 Å². The van der Waals surface area contributed by atoms with Gasteiger partial charge in [0.2, 0.25) is 0 Å². The Morgan fingerprint density at radius 2 is 1.79 bits per heavy atom. The number of hydrogen-bond donors (Lipinski definition) is 5. The van der Waals surface area contributed by atoms with E-state index >= 15 is 0 Å². The predicted octanol–water partition coefficient (Wildman–Crippen LogP) is 3.80. The van der Waals surface area contributed by atoms with Crippen LogP contribution in [-0.4, -0.2) is 55.9 Å². The van der Waals surface area contributed by atoms with E-state index in [1.54, 1.807) is 30.3 Å². The number of urea groups is 1. The summed E-state index contributed by atoms with van der Waals surface area (Å²) >= 11 is 6.24. The molecule has 186 valence electrons. The summed E-state index contributed by atoms with van der Waals surface area (Å²) in [5, 5.41) is 21.8. The number of unbranched alkanes of at least 4 members (excludes halogenated alkanes) is 3. The van der Waals surface area contributed by atoms with E-state index in [1.165, 1.54) is 0 Å². The SMILES string of the molecule is CCCCCCNC(=O)c1ccc(OCC(O)CNCCNC(=O)Nc2ccccc2)c(Cl)c1. The smallest absolute Gasteiger partial charge is 0.319 e. The molecule has 34 heavy (non-hydrogen) atoms. The van der Waals surface area contributed by atoms with Gasteiger partial charge in [0.15, 0.2) is 0 Å². The second-order valence-electron chi connectivity index (χ2n) is 7.88.